The van der Waals surface area contributed by atoms with Crippen molar-refractivity contribution in [2.24, 2.45) is 17.3 Å². The van der Waals surface area contributed by atoms with Gasteiger partial charge in [-0.2, -0.15) is 0 Å². The van der Waals surface area contributed by atoms with Gasteiger partial charge in [-0.15, -0.1) is 0 Å². The van der Waals surface area contributed by atoms with Crippen LogP contribution in [-0.4, -0.2) is 17.4 Å². The van der Waals surface area contributed by atoms with Gasteiger partial charge in [0, 0.05) is 13.1 Å². The minimum atomic E-state index is -0.126. The van der Waals surface area contributed by atoms with Gasteiger partial charge in [0.15, 0.2) is 0 Å². The van der Waals surface area contributed by atoms with Gasteiger partial charge in [-0.3, -0.25) is 4.79 Å². The molecule has 2 heteroatoms. The van der Waals surface area contributed by atoms with Gasteiger partial charge in [0.1, 0.15) is 0 Å². The first kappa shape index (κ1) is 18.5. The van der Waals surface area contributed by atoms with E-state index < -0.39 is 0 Å². The summed E-state index contributed by atoms with van der Waals surface area (Å²) in [6.45, 7) is 15.2. The van der Waals surface area contributed by atoms with Gasteiger partial charge >= 0.3 is 0 Å². The van der Waals surface area contributed by atoms with Crippen LogP contribution in [0.4, 0.5) is 0 Å². The van der Waals surface area contributed by atoms with Crippen LogP contribution in [-0.2, 0) is 23.2 Å². The van der Waals surface area contributed by atoms with Crippen LogP contribution >= 0.6 is 0 Å². The Labute approximate surface area is 154 Å². The highest BCUT2D eigenvalue weighted by Gasteiger charge is 2.48. The van der Waals surface area contributed by atoms with Gasteiger partial charge in [0.2, 0.25) is 5.91 Å². The monoisotopic (exact) mass is 341 g/mol. The summed E-state index contributed by atoms with van der Waals surface area (Å²) in [5, 5.41) is 0. The van der Waals surface area contributed by atoms with Crippen molar-refractivity contribution in [2.45, 2.75) is 79.2 Å². The van der Waals surface area contributed by atoms with E-state index in [1.807, 2.05) is 0 Å². The predicted octanol–water partition coefficient (Wildman–Crippen LogP) is 5.33. The number of amides is 1. The van der Waals surface area contributed by atoms with Gasteiger partial charge < -0.3 is 4.90 Å². The first-order valence-corrected chi connectivity index (χ1v) is 10.0. The third-order valence-electron chi connectivity index (χ3n) is 6.70. The topological polar surface area (TPSA) is 20.3 Å². The zero-order valence-corrected chi connectivity index (χ0v) is 17.0. The Morgan fingerprint density at radius 3 is 2.52 bits per heavy atom. The highest BCUT2D eigenvalue weighted by Crippen LogP contribution is 2.48. The summed E-state index contributed by atoms with van der Waals surface area (Å²) in [6.07, 6.45) is 4.32. The minimum absolute atomic E-state index is 0.126. The molecule has 1 fully saturated rings. The summed E-state index contributed by atoms with van der Waals surface area (Å²) in [5.74, 6) is 1.52. The highest BCUT2D eigenvalue weighted by molar-refractivity contribution is 5.83. The first-order valence-electron chi connectivity index (χ1n) is 10.0. The number of hydrogen-bond donors (Lipinski definition) is 0. The Hall–Kier alpha value is -1.31. The Morgan fingerprint density at radius 2 is 1.96 bits per heavy atom. The Morgan fingerprint density at radius 1 is 1.24 bits per heavy atom. The van der Waals surface area contributed by atoms with E-state index in [1.165, 1.54) is 23.1 Å². The van der Waals surface area contributed by atoms with Crippen LogP contribution in [0.3, 0.4) is 0 Å². The van der Waals surface area contributed by atoms with Crippen LogP contribution in [0.5, 0.6) is 0 Å². The summed E-state index contributed by atoms with van der Waals surface area (Å²) >= 11 is 0. The lowest BCUT2D eigenvalue weighted by Gasteiger charge is -2.40. The van der Waals surface area contributed by atoms with Gasteiger partial charge in [0.25, 0.3) is 0 Å². The lowest BCUT2D eigenvalue weighted by molar-refractivity contribution is -0.146. The second-order valence-electron chi connectivity index (χ2n) is 9.87. The number of carbonyl (C=O) groups excluding carboxylic acids is 1. The molecule has 0 bridgehead atoms. The second kappa shape index (κ2) is 6.45. The number of fused-ring (bicyclic) bond motifs is 1. The van der Waals surface area contributed by atoms with Gasteiger partial charge in [-0.05, 0) is 59.6 Å². The summed E-state index contributed by atoms with van der Waals surface area (Å²) in [5.41, 5.74) is 4.18. The van der Waals surface area contributed by atoms with Gasteiger partial charge in [-0.1, -0.05) is 59.7 Å². The van der Waals surface area contributed by atoms with Crippen LogP contribution in [0, 0.1) is 17.3 Å². The molecule has 2 nitrogen and oxygen atoms in total. The molecule has 25 heavy (non-hydrogen) atoms. The molecular weight excluding hydrogens is 306 g/mol. The molecule has 0 N–H and O–H groups in total. The molecule has 1 aromatic carbocycles. The molecule has 2 aliphatic rings. The molecule has 1 aromatic rings. The molecule has 0 saturated heterocycles. The van der Waals surface area contributed by atoms with E-state index in [1.54, 1.807) is 0 Å². The van der Waals surface area contributed by atoms with Crippen molar-refractivity contribution in [3.05, 3.63) is 34.9 Å². The molecule has 1 aliphatic heterocycles. The fourth-order valence-corrected chi connectivity index (χ4v) is 4.81. The van der Waals surface area contributed by atoms with E-state index in [4.69, 9.17) is 0 Å². The van der Waals surface area contributed by atoms with E-state index in [0.29, 0.717) is 17.7 Å². The normalized spacial score (nSPS) is 26.8. The fourth-order valence-electron chi connectivity index (χ4n) is 4.81. The summed E-state index contributed by atoms with van der Waals surface area (Å²) in [6, 6.07) is 6.90. The molecule has 1 amide bonds. The average Bonchev–Trinajstić information content (AvgIpc) is 2.95. The average molecular weight is 342 g/mol. The standard InChI is InChI=1S/C23H35NO/c1-16(2)23(11-9-17(3)14-23)21(25)24-12-10-18-7-8-20(22(4,5)6)13-19(18)15-24/h7-8,13,16-17H,9-12,14-15H2,1-6H3/t17-,23+/m1/s1. The van der Waals surface area contributed by atoms with E-state index >= 15 is 0 Å². The Bertz CT molecular complexity index is 655. The van der Waals surface area contributed by atoms with Crippen molar-refractivity contribution in [1.82, 2.24) is 4.90 Å². The third-order valence-corrected chi connectivity index (χ3v) is 6.70. The van der Waals surface area contributed by atoms with E-state index in [9.17, 15) is 4.79 Å². The maximum atomic E-state index is 13.5. The summed E-state index contributed by atoms with van der Waals surface area (Å²) in [4.78, 5) is 15.7. The number of rotatable bonds is 2. The Kier molecular flexibility index (Phi) is 4.77. The molecule has 0 spiro atoms. The maximum Gasteiger partial charge on any atom is 0.229 e. The molecule has 138 valence electrons. The Balaban J connectivity index is 1.85. The van der Waals surface area contributed by atoms with Crippen molar-refractivity contribution < 1.29 is 4.79 Å². The van der Waals surface area contributed by atoms with Crippen LogP contribution in [0.2, 0.25) is 0 Å². The van der Waals surface area contributed by atoms with E-state index in [2.05, 4.69) is 64.6 Å². The first-order chi connectivity index (χ1) is 11.6. The second-order valence-corrected chi connectivity index (χ2v) is 9.87. The molecule has 1 heterocycles. The quantitative estimate of drug-likeness (QED) is 0.712. The lowest BCUT2D eigenvalue weighted by Crippen LogP contribution is -2.47. The van der Waals surface area contributed by atoms with Crippen LogP contribution < -0.4 is 0 Å². The van der Waals surface area contributed by atoms with Crippen LogP contribution in [0.1, 0.15) is 77.5 Å². The molecule has 0 unspecified atom stereocenters. The molecule has 3 rings (SSSR count). The fraction of sp³-hybridized carbons (Fsp3) is 0.696. The van der Waals surface area contributed by atoms with Crippen LogP contribution in [0.25, 0.3) is 0 Å². The molecule has 0 radical (unpaired) electrons. The van der Waals surface area contributed by atoms with Crippen molar-refractivity contribution in [1.29, 1.82) is 0 Å². The number of benzene rings is 1. The summed E-state index contributed by atoms with van der Waals surface area (Å²) in [7, 11) is 0. The number of hydrogen-bond acceptors (Lipinski definition) is 1. The molecule has 1 aliphatic carbocycles. The summed E-state index contributed by atoms with van der Waals surface area (Å²) < 4.78 is 0. The molecular formula is C23H35NO. The number of nitrogens with zero attached hydrogens (tertiary/aromatic N) is 1. The lowest BCUT2D eigenvalue weighted by atomic mass is 9.73. The maximum absolute atomic E-state index is 13.5. The van der Waals surface area contributed by atoms with E-state index in [0.717, 1.165) is 32.4 Å². The van der Waals surface area contributed by atoms with Crippen molar-refractivity contribution >= 4 is 5.91 Å². The minimum Gasteiger partial charge on any atom is -0.338 e. The highest BCUT2D eigenvalue weighted by atomic mass is 16.2. The predicted molar refractivity (Wildman–Crippen MR) is 105 cm³/mol. The molecule has 2 atom stereocenters. The zero-order chi connectivity index (χ0) is 18.4. The number of carbonyl (C=O) groups is 1. The van der Waals surface area contributed by atoms with Crippen molar-refractivity contribution in [3.8, 4) is 0 Å². The van der Waals surface area contributed by atoms with Crippen molar-refractivity contribution in [3.63, 3.8) is 0 Å². The third kappa shape index (κ3) is 3.37. The van der Waals surface area contributed by atoms with Gasteiger partial charge in [-0.25, -0.2) is 0 Å². The van der Waals surface area contributed by atoms with Crippen LogP contribution in [0.15, 0.2) is 18.2 Å². The van der Waals surface area contributed by atoms with Crippen molar-refractivity contribution in [2.75, 3.05) is 6.54 Å². The zero-order valence-electron chi connectivity index (χ0n) is 17.0. The molecule has 1 saturated carbocycles. The van der Waals surface area contributed by atoms with E-state index in [-0.39, 0.29) is 10.8 Å². The SMILES string of the molecule is CC(C)[C@]1(C(=O)N2CCc3ccc(C(C)(C)C)cc3C2)CC[C@@H](C)C1. The largest absolute Gasteiger partial charge is 0.338 e. The smallest absolute Gasteiger partial charge is 0.229 e. The molecule has 0 aromatic heterocycles. The van der Waals surface area contributed by atoms with Gasteiger partial charge in [0.05, 0.1) is 5.41 Å².